The summed E-state index contributed by atoms with van der Waals surface area (Å²) in [5.41, 5.74) is 2.29. The summed E-state index contributed by atoms with van der Waals surface area (Å²) >= 11 is 6.09. The predicted molar refractivity (Wildman–Crippen MR) is 104 cm³/mol. The number of nitrogens with zero attached hydrogens (tertiary/aromatic N) is 1. The molecule has 1 aliphatic heterocycles. The topological polar surface area (TPSA) is 65.2 Å². The van der Waals surface area contributed by atoms with Crippen molar-refractivity contribution in [3.8, 4) is 0 Å². The second kappa shape index (κ2) is 6.50. The van der Waals surface area contributed by atoms with Gasteiger partial charge >= 0.3 is 0 Å². The number of hydrogen-bond donors (Lipinski definition) is 2. The van der Waals surface area contributed by atoms with E-state index in [1.54, 1.807) is 23.1 Å². The number of carbonyl (C=O) groups excluding carboxylic acids is 1. The fraction of sp³-hybridized carbons (Fsp3) is 0.200. The Morgan fingerprint density at radius 3 is 2.73 bits per heavy atom. The highest BCUT2D eigenvalue weighted by molar-refractivity contribution is 6.31. The normalized spacial score (nSPS) is 16.5. The van der Waals surface area contributed by atoms with Crippen LogP contribution in [0.15, 0.2) is 53.3 Å². The van der Waals surface area contributed by atoms with E-state index in [-0.39, 0.29) is 11.5 Å². The Balaban J connectivity index is 1.87. The molecule has 2 heterocycles. The van der Waals surface area contributed by atoms with Crippen LogP contribution in [0.3, 0.4) is 0 Å². The van der Waals surface area contributed by atoms with Crippen LogP contribution in [-0.4, -0.2) is 22.3 Å². The number of nitrogens with one attached hydrogen (secondary N) is 2. The predicted octanol–water partition coefficient (Wildman–Crippen LogP) is 4.16. The van der Waals surface area contributed by atoms with E-state index in [0.29, 0.717) is 28.4 Å². The molecule has 2 N–H and O–H groups in total. The summed E-state index contributed by atoms with van der Waals surface area (Å²) in [4.78, 5) is 30.3. The molecular formula is C20H18ClN3O2. The molecule has 26 heavy (non-hydrogen) atoms. The average Bonchev–Trinajstić information content (AvgIpc) is 2.63. The van der Waals surface area contributed by atoms with Crippen LogP contribution in [0.1, 0.15) is 35.4 Å². The second-order valence-corrected chi connectivity index (χ2v) is 6.81. The van der Waals surface area contributed by atoms with Crippen molar-refractivity contribution in [2.45, 2.75) is 19.5 Å². The zero-order valence-electron chi connectivity index (χ0n) is 14.3. The number of anilines is 1. The Morgan fingerprint density at radius 2 is 1.92 bits per heavy atom. The number of benzene rings is 2. The van der Waals surface area contributed by atoms with E-state index in [1.165, 1.54) is 0 Å². The molecule has 0 saturated heterocycles. The molecule has 3 aromatic rings. The number of aromatic amines is 1. The van der Waals surface area contributed by atoms with Crippen molar-refractivity contribution in [2.24, 2.45) is 0 Å². The summed E-state index contributed by atoms with van der Waals surface area (Å²) in [5, 5.41) is 4.79. The molecule has 0 fully saturated rings. The standard InChI is InChI=1S/C20H18ClN3O2/c1-2-9-24-18(22-17-11-13(21)7-8-14(17)20(24)26)15-10-12-5-3-4-6-16(12)23-19(15)25/h3-8,10-11,18,22H,2,9H2,1H3,(H,23,25). The van der Waals surface area contributed by atoms with Gasteiger partial charge in [0.25, 0.3) is 11.5 Å². The van der Waals surface area contributed by atoms with Gasteiger partial charge in [-0.05, 0) is 42.1 Å². The number of para-hydroxylation sites is 1. The van der Waals surface area contributed by atoms with Crippen molar-refractivity contribution in [1.82, 2.24) is 9.88 Å². The van der Waals surface area contributed by atoms with E-state index in [0.717, 1.165) is 17.3 Å². The van der Waals surface area contributed by atoms with Crippen molar-refractivity contribution in [2.75, 3.05) is 11.9 Å². The molecule has 0 bridgehead atoms. The average molecular weight is 368 g/mol. The highest BCUT2D eigenvalue weighted by atomic mass is 35.5. The van der Waals surface area contributed by atoms with Crippen LogP contribution in [0.5, 0.6) is 0 Å². The number of rotatable bonds is 3. The highest BCUT2D eigenvalue weighted by Gasteiger charge is 2.34. The summed E-state index contributed by atoms with van der Waals surface area (Å²) in [6, 6.07) is 14.6. The Labute approximate surface area is 155 Å². The summed E-state index contributed by atoms with van der Waals surface area (Å²) in [5.74, 6) is -0.102. The van der Waals surface area contributed by atoms with Crippen LogP contribution < -0.4 is 10.9 Å². The summed E-state index contributed by atoms with van der Waals surface area (Å²) in [6.07, 6.45) is 0.250. The molecule has 1 aromatic heterocycles. The molecule has 1 unspecified atom stereocenters. The minimum atomic E-state index is -0.540. The molecule has 0 aliphatic carbocycles. The first-order chi connectivity index (χ1) is 12.6. The molecule has 1 amide bonds. The van der Waals surface area contributed by atoms with E-state index >= 15 is 0 Å². The molecule has 2 aromatic carbocycles. The van der Waals surface area contributed by atoms with Gasteiger partial charge < -0.3 is 15.2 Å². The zero-order chi connectivity index (χ0) is 18.3. The Hall–Kier alpha value is -2.79. The summed E-state index contributed by atoms with van der Waals surface area (Å²) in [7, 11) is 0. The van der Waals surface area contributed by atoms with E-state index in [2.05, 4.69) is 10.3 Å². The number of halogens is 1. The third-order valence-corrected chi connectivity index (χ3v) is 4.85. The van der Waals surface area contributed by atoms with Gasteiger partial charge in [0.05, 0.1) is 16.8 Å². The number of pyridine rings is 1. The first-order valence-electron chi connectivity index (χ1n) is 8.57. The number of fused-ring (bicyclic) bond motifs is 2. The molecule has 0 spiro atoms. The Bertz CT molecular complexity index is 1060. The number of H-pyrrole nitrogens is 1. The third kappa shape index (κ3) is 2.74. The number of hydrogen-bond acceptors (Lipinski definition) is 3. The van der Waals surface area contributed by atoms with Crippen molar-refractivity contribution in [1.29, 1.82) is 0 Å². The van der Waals surface area contributed by atoms with E-state index in [1.807, 2.05) is 37.3 Å². The smallest absolute Gasteiger partial charge is 0.257 e. The molecule has 0 saturated carbocycles. The lowest BCUT2D eigenvalue weighted by Gasteiger charge is -2.37. The van der Waals surface area contributed by atoms with Gasteiger partial charge in [-0.1, -0.05) is 36.7 Å². The fourth-order valence-corrected chi connectivity index (χ4v) is 3.58. The first kappa shape index (κ1) is 16.7. The molecule has 5 nitrogen and oxygen atoms in total. The van der Waals surface area contributed by atoms with Gasteiger partial charge in [0.1, 0.15) is 6.17 Å². The van der Waals surface area contributed by atoms with Gasteiger partial charge in [0.2, 0.25) is 0 Å². The minimum absolute atomic E-state index is 0.102. The van der Waals surface area contributed by atoms with Gasteiger partial charge in [0.15, 0.2) is 0 Å². The zero-order valence-corrected chi connectivity index (χ0v) is 15.0. The summed E-state index contributed by atoms with van der Waals surface area (Å²) in [6.45, 7) is 2.55. The Morgan fingerprint density at radius 1 is 1.12 bits per heavy atom. The van der Waals surface area contributed by atoms with E-state index in [4.69, 9.17) is 11.6 Å². The van der Waals surface area contributed by atoms with Crippen LogP contribution in [0.25, 0.3) is 10.9 Å². The van der Waals surface area contributed by atoms with Crippen molar-refractivity contribution in [3.63, 3.8) is 0 Å². The van der Waals surface area contributed by atoms with Gasteiger partial charge in [-0.15, -0.1) is 0 Å². The molecule has 1 atom stereocenters. The molecule has 0 radical (unpaired) electrons. The van der Waals surface area contributed by atoms with Crippen LogP contribution in [-0.2, 0) is 0 Å². The lowest BCUT2D eigenvalue weighted by Crippen LogP contribution is -2.45. The molecule has 132 valence electrons. The Kier molecular flexibility index (Phi) is 4.17. The van der Waals surface area contributed by atoms with E-state index in [9.17, 15) is 9.59 Å². The number of amides is 1. The van der Waals surface area contributed by atoms with Crippen LogP contribution in [0.2, 0.25) is 5.02 Å². The first-order valence-corrected chi connectivity index (χ1v) is 8.95. The molecular weight excluding hydrogens is 350 g/mol. The van der Waals surface area contributed by atoms with Crippen molar-refractivity contribution < 1.29 is 4.79 Å². The molecule has 1 aliphatic rings. The minimum Gasteiger partial charge on any atom is -0.361 e. The van der Waals surface area contributed by atoms with Crippen LogP contribution >= 0.6 is 11.6 Å². The maximum Gasteiger partial charge on any atom is 0.257 e. The molecule has 4 rings (SSSR count). The summed E-state index contributed by atoms with van der Waals surface area (Å²) < 4.78 is 0. The fourth-order valence-electron chi connectivity index (χ4n) is 3.40. The number of carbonyl (C=O) groups is 1. The SMILES string of the molecule is CCCN1C(=O)c2ccc(Cl)cc2NC1c1cc2ccccc2[nH]c1=O. The third-order valence-electron chi connectivity index (χ3n) is 4.62. The molecule has 6 heteroatoms. The van der Waals surface area contributed by atoms with Gasteiger partial charge in [0, 0.05) is 17.1 Å². The van der Waals surface area contributed by atoms with E-state index < -0.39 is 6.17 Å². The van der Waals surface area contributed by atoms with Crippen LogP contribution in [0, 0.1) is 0 Å². The lowest BCUT2D eigenvalue weighted by atomic mass is 10.0. The van der Waals surface area contributed by atoms with Gasteiger partial charge in [-0.3, -0.25) is 9.59 Å². The largest absolute Gasteiger partial charge is 0.361 e. The van der Waals surface area contributed by atoms with Crippen molar-refractivity contribution >= 4 is 34.1 Å². The maximum absolute atomic E-state index is 13.0. The van der Waals surface area contributed by atoms with Gasteiger partial charge in [-0.2, -0.15) is 0 Å². The second-order valence-electron chi connectivity index (χ2n) is 6.38. The van der Waals surface area contributed by atoms with Gasteiger partial charge in [-0.25, -0.2) is 0 Å². The lowest BCUT2D eigenvalue weighted by molar-refractivity contribution is 0.0682. The highest BCUT2D eigenvalue weighted by Crippen LogP contribution is 2.34. The maximum atomic E-state index is 13.0. The van der Waals surface area contributed by atoms with Crippen molar-refractivity contribution in [3.05, 3.63) is 75.0 Å². The number of aromatic nitrogens is 1. The quantitative estimate of drug-likeness (QED) is 0.730. The van der Waals surface area contributed by atoms with Crippen LogP contribution in [0.4, 0.5) is 5.69 Å². The monoisotopic (exact) mass is 367 g/mol.